The van der Waals surface area contributed by atoms with Gasteiger partial charge in [0.25, 0.3) is 0 Å². The third kappa shape index (κ3) is 9.33. The van der Waals surface area contributed by atoms with Crippen molar-refractivity contribution < 1.29 is 4.74 Å². The number of hydrogen-bond donors (Lipinski definition) is 0. The average Bonchev–Trinajstić information content (AvgIpc) is 4.15. The molecule has 0 saturated carbocycles. The number of benzene rings is 11. The first-order chi connectivity index (χ1) is 38.2. The molecule has 0 amide bonds. The van der Waals surface area contributed by atoms with Crippen LogP contribution < -0.4 is 24.3 Å². The lowest BCUT2D eigenvalue weighted by Gasteiger charge is -2.33. The third-order valence-electron chi connectivity index (χ3n) is 13.8. The number of thiophene rings is 1. The van der Waals surface area contributed by atoms with E-state index in [0.29, 0.717) is 11.5 Å². The normalized spacial score (nSPS) is 11.1. The van der Waals surface area contributed by atoms with Crippen molar-refractivity contribution in [2.24, 2.45) is 0 Å². The van der Waals surface area contributed by atoms with Crippen LogP contribution in [0.3, 0.4) is 0 Å². The molecule has 0 fully saturated rings. The van der Waals surface area contributed by atoms with Crippen LogP contribution >= 0.6 is 11.3 Å². The maximum atomic E-state index is 7.44. The smallest absolute Gasteiger partial charge is 0.162 e. The highest BCUT2D eigenvalue weighted by Gasteiger charge is 2.26. The van der Waals surface area contributed by atoms with Gasteiger partial charge in [0.05, 0.1) is 45.2 Å². The number of nitrogens with zero attached hydrogens (tertiary/aromatic N) is 5. The summed E-state index contributed by atoms with van der Waals surface area (Å²) in [6, 6.07) is 105. The first kappa shape index (κ1) is 46.7. The lowest BCUT2D eigenvalue weighted by atomic mass is 10.1. The summed E-state index contributed by atoms with van der Waals surface area (Å²) in [5.74, 6) is 1.41. The van der Waals surface area contributed by atoms with Gasteiger partial charge in [0.15, 0.2) is 5.75 Å². The van der Waals surface area contributed by atoms with Gasteiger partial charge < -0.3 is 28.9 Å². The van der Waals surface area contributed by atoms with Crippen molar-refractivity contribution in [2.45, 2.75) is 0 Å². The van der Waals surface area contributed by atoms with Crippen LogP contribution in [0.25, 0.3) is 27.5 Å². The van der Waals surface area contributed by atoms with Gasteiger partial charge in [0.2, 0.25) is 0 Å². The van der Waals surface area contributed by atoms with Gasteiger partial charge in [-0.15, -0.1) is 11.3 Å². The minimum atomic E-state index is 0.692. The van der Waals surface area contributed by atoms with Crippen LogP contribution in [-0.4, -0.2) is 4.57 Å². The van der Waals surface area contributed by atoms with Gasteiger partial charge in [-0.3, -0.25) is 0 Å². The molecule has 0 radical (unpaired) electrons. The van der Waals surface area contributed by atoms with E-state index >= 15 is 0 Å². The average molecular weight is 1010 g/mol. The second kappa shape index (κ2) is 21.0. The van der Waals surface area contributed by atoms with Crippen molar-refractivity contribution in [1.29, 1.82) is 0 Å². The van der Waals surface area contributed by atoms with Crippen LogP contribution in [0.1, 0.15) is 0 Å². The van der Waals surface area contributed by atoms with Crippen LogP contribution in [0, 0.1) is 0 Å². The van der Waals surface area contributed by atoms with Crippen LogP contribution in [0.5, 0.6) is 11.5 Å². The maximum absolute atomic E-state index is 7.44. The molecule has 6 nitrogen and oxygen atoms in total. The molecule has 368 valence electrons. The number of hydrogen-bond acceptors (Lipinski definition) is 6. The van der Waals surface area contributed by atoms with E-state index in [1.807, 2.05) is 0 Å². The standard InChI is InChI=1S/C70H51N5OS/c1-8-26-52(27-9-1)71(53-28-10-2-11-29-53)59-44-60(72(54-30-12-3-13-31-54)55-32-14-4-15-33-55)46-61(45-59)74(58-38-20-7-21-39-58)69-50-77-51-70(69)76-64-48-62(73(56-34-16-5-17-35-56)57-36-18-6-19-37-57)47-63(49-64)75-67-42-24-22-40-65(67)66-41-23-25-43-68(66)75/h1-51H. The van der Waals surface area contributed by atoms with Crippen molar-refractivity contribution in [3.05, 3.63) is 308 Å². The minimum absolute atomic E-state index is 0.692. The van der Waals surface area contributed by atoms with Gasteiger partial charge in [0, 0.05) is 73.5 Å². The fraction of sp³-hybridized carbons (Fsp3) is 0. The molecular weight excluding hydrogens is 959 g/mol. The van der Waals surface area contributed by atoms with Crippen molar-refractivity contribution in [2.75, 3.05) is 19.6 Å². The Balaban J connectivity index is 1.02. The number of anilines is 12. The highest BCUT2D eigenvalue weighted by molar-refractivity contribution is 7.08. The summed E-state index contributed by atoms with van der Waals surface area (Å²) in [5.41, 5.74) is 15.2. The summed E-state index contributed by atoms with van der Waals surface area (Å²) < 4.78 is 9.80. The number of aromatic nitrogens is 1. The third-order valence-corrected chi connectivity index (χ3v) is 14.5. The highest BCUT2D eigenvalue weighted by atomic mass is 32.1. The fourth-order valence-electron chi connectivity index (χ4n) is 10.5. The lowest BCUT2D eigenvalue weighted by molar-refractivity contribution is 0.486. The molecule has 13 rings (SSSR count). The van der Waals surface area contributed by atoms with E-state index in [-0.39, 0.29) is 0 Å². The van der Waals surface area contributed by atoms with Crippen molar-refractivity contribution in [1.82, 2.24) is 4.57 Å². The second-order valence-corrected chi connectivity index (χ2v) is 19.4. The van der Waals surface area contributed by atoms with E-state index < -0.39 is 0 Å². The van der Waals surface area contributed by atoms with Gasteiger partial charge in [-0.25, -0.2) is 0 Å². The molecule has 7 heteroatoms. The van der Waals surface area contributed by atoms with E-state index in [2.05, 4.69) is 332 Å². The van der Waals surface area contributed by atoms with Gasteiger partial charge >= 0.3 is 0 Å². The number of fused-ring (bicyclic) bond motifs is 3. The molecule has 0 saturated heterocycles. The van der Waals surface area contributed by atoms with Crippen LogP contribution in [0.4, 0.5) is 68.2 Å². The van der Waals surface area contributed by atoms with Gasteiger partial charge in [-0.2, -0.15) is 0 Å². The van der Waals surface area contributed by atoms with Crippen LogP contribution in [0.2, 0.25) is 0 Å². The summed E-state index contributed by atoms with van der Waals surface area (Å²) in [4.78, 5) is 9.31. The van der Waals surface area contributed by atoms with Crippen LogP contribution in [0.15, 0.2) is 308 Å². The summed E-state index contributed by atoms with van der Waals surface area (Å²) in [6.07, 6.45) is 0. The van der Waals surface area contributed by atoms with Crippen molar-refractivity contribution in [3.63, 3.8) is 0 Å². The number of ether oxygens (including phenoxy) is 1. The van der Waals surface area contributed by atoms with Crippen molar-refractivity contribution >= 4 is 101 Å². The largest absolute Gasteiger partial charge is 0.454 e. The quantitative estimate of drug-likeness (QED) is 0.102. The van der Waals surface area contributed by atoms with Crippen LogP contribution in [-0.2, 0) is 0 Å². The molecule has 0 aliphatic carbocycles. The predicted octanol–water partition coefficient (Wildman–Crippen LogP) is 20.5. The first-order valence-corrected chi connectivity index (χ1v) is 26.7. The molecule has 2 heterocycles. The van der Waals surface area contributed by atoms with E-state index in [9.17, 15) is 0 Å². The Labute approximate surface area is 453 Å². The molecule has 0 bridgehead atoms. The predicted molar refractivity (Wildman–Crippen MR) is 324 cm³/mol. The molecular formula is C70H51N5OS. The second-order valence-electron chi connectivity index (χ2n) is 18.7. The Bertz CT molecular complexity index is 3810. The van der Waals surface area contributed by atoms with Gasteiger partial charge in [-0.05, 0) is 121 Å². The molecule has 0 N–H and O–H groups in total. The Kier molecular flexibility index (Phi) is 12.8. The summed E-state index contributed by atoms with van der Waals surface area (Å²) in [7, 11) is 0. The topological polar surface area (TPSA) is 27.1 Å². The molecule has 0 atom stereocenters. The lowest BCUT2D eigenvalue weighted by Crippen LogP contribution is -2.16. The summed E-state index contributed by atoms with van der Waals surface area (Å²) in [5, 5.41) is 6.70. The molecule has 13 aromatic rings. The Morgan fingerprint density at radius 1 is 0.273 bits per heavy atom. The zero-order valence-electron chi connectivity index (χ0n) is 42.0. The number of rotatable bonds is 15. The van der Waals surface area contributed by atoms with E-state index in [0.717, 1.165) is 85.0 Å². The molecule has 11 aromatic carbocycles. The Morgan fingerprint density at radius 2 is 0.584 bits per heavy atom. The maximum Gasteiger partial charge on any atom is 0.162 e. The minimum Gasteiger partial charge on any atom is -0.454 e. The molecule has 0 aliphatic rings. The fourth-order valence-corrected chi connectivity index (χ4v) is 11.2. The van der Waals surface area contributed by atoms with E-state index in [1.54, 1.807) is 11.3 Å². The molecule has 0 aliphatic heterocycles. The SMILES string of the molecule is c1ccc(N(c2ccccc2)c2cc(N(c3ccccc3)c3ccccc3)cc(N(c3ccccc3)c3cscc3Oc3cc(N(c4ccccc4)c4ccccc4)cc(-n4c5ccccc5c5ccccc54)c3)c2)cc1. The molecule has 2 aromatic heterocycles. The molecule has 77 heavy (non-hydrogen) atoms. The first-order valence-electron chi connectivity index (χ1n) is 25.8. The van der Waals surface area contributed by atoms with Crippen molar-refractivity contribution in [3.8, 4) is 17.2 Å². The zero-order valence-corrected chi connectivity index (χ0v) is 42.8. The van der Waals surface area contributed by atoms with Gasteiger partial charge in [-0.1, -0.05) is 164 Å². The Morgan fingerprint density at radius 3 is 0.961 bits per heavy atom. The van der Waals surface area contributed by atoms with E-state index in [1.165, 1.54) is 10.8 Å². The molecule has 0 spiro atoms. The summed E-state index contributed by atoms with van der Waals surface area (Å²) >= 11 is 1.62. The number of para-hydroxylation sites is 9. The summed E-state index contributed by atoms with van der Waals surface area (Å²) in [6.45, 7) is 0. The van der Waals surface area contributed by atoms with Gasteiger partial charge in [0.1, 0.15) is 5.75 Å². The highest BCUT2D eigenvalue weighted by Crippen LogP contribution is 2.50. The monoisotopic (exact) mass is 1010 g/mol. The molecule has 0 unspecified atom stereocenters. The zero-order chi connectivity index (χ0) is 51.3. The Hall–Kier alpha value is -10.1. The van der Waals surface area contributed by atoms with E-state index in [4.69, 9.17) is 4.74 Å².